The van der Waals surface area contributed by atoms with Crippen LogP contribution < -0.4 is 0 Å². The first kappa shape index (κ1) is 16.6. The Bertz CT molecular complexity index is 721. The number of amides is 1. The molecule has 24 heavy (non-hydrogen) atoms. The van der Waals surface area contributed by atoms with Crippen molar-refractivity contribution in [3.8, 4) is 5.69 Å². The van der Waals surface area contributed by atoms with Crippen LogP contribution in [0.25, 0.3) is 5.69 Å². The summed E-state index contributed by atoms with van der Waals surface area (Å²) >= 11 is 0. The minimum absolute atomic E-state index is 0.0263. The number of nitrogens with zero attached hydrogens (tertiary/aromatic N) is 4. The largest absolute Gasteiger partial charge is 0.393 e. The number of aliphatic hydroxyl groups excluding tert-OH is 1. The van der Waals surface area contributed by atoms with Crippen LogP contribution in [0, 0.1) is 19.8 Å². The van der Waals surface area contributed by atoms with E-state index < -0.39 is 0 Å². The number of piperidine rings is 1. The van der Waals surface area contributed by atoms with Gasteiger partial charge in [-0.25, -0.2) is 9.67 Å². The molecule has 3 rings (SSSR count). The summed E-state index contributed by atoms with van der Waals surface area (Å²) < 4.78 is 1.77. The van der Waals surface area contributed by atoms with Gasteiger partial charge in [0.15, 0.2) is 0 Å². The summed E-state index contributed by atoms with van der Waals surface area (Å²) in [4.78, 5) is 18.8. The van der Waals surface area contributed by atoms with Gasteiger partial charge < -0.3 is 10.0 Å². The first-order valence-electron chi connectivity index (χ1n) is 8.43. The van der Waals surface area contributed by atoms with Gasteiger partial charge >= 0.3 is 0 Å². The Kier molecular flexibility index (Phi) is 4.66. The Morgan fingerprint density at radius 3 is 2.58 bits per heavy atom. The fourth-order valence-corrected chi connectivity index (χ4v) is 3.28. The molecule has 1 saturated heterocycles. The fourth-order valence-electron chi connectivity index (χ4n) is 3.28. The number of hydrogen-bond donors (Lipinski definition) is 1. The standard InChI is InChI=1S/C18H24N4O2/c1-12(23)16-5-4-10-21(11-16)18(24)15-6-8-17(9-7-15)22-14(3)19-13(2)20-22/h6-9,12,16,23H,4-5,10-11H2,1-3H3. The molecule has 1 aliphatic heterocycles. The Morgan fingerprint density at radius 2 is 2.00 bits per heavy atom. The van der Waals surface area contributed by atoms with Crippen LogP contribution in [0.1, 0.15) is 41.8 Å². The molecule has 0 aliphatic carbocycles. The Balaban J connectivity index is 1.75. The maximum atomic E-state index is 12.7. The van der Waals surface area contributed by atoms with Crippen LogP contribution in [-0.4, -0.2) is 49.9 Å². The van der Waals surface area contributed by atoms with Gasteiger partial charge in [0.2, 0.25) is 0 Å². The number of likely N-dealkylation sites (tertiary alicyclic amines) is 1. The van der Waals surface area contributed by atoms with Crippen molar-refractivity contribution in [2.24, 2.45) is 5.92 Å². The Labute approximate surface area is 142 Å². The van der Waals surface area contributed by atoms with Crippen molar-refractivity contribution in [2.75, 3.05) is 13.1 Å². The van der Waals surface area contributed by atoms with Crippen molar-refractivity contribution >= 4 is 5.91 Å². The van der Waals surface area contributed by atoms with E-state index in [1.54, 1.807) is 11.6 Å². The lowest BCUT2D eigenvalue weighted by Crippen LogP contribution is -2.42. The van der Waals surface area contributed by atoms with Crippen molar-refractivity contribution in [1.82, 2.24) is 19.7 Å². The third kappa shape index (κ3) is 3.33. The second kappa shape index (κ2) is 6.73. The average Bonchev–Trinajstić information content (AvgIpc) is 2.93. The zero-order chi connectivity index (χ0) is 17.3. The van der Waals surface area contributed by atoms with E-state index in [4.69, 9.17) is 0 Å². The molecular formula is C18H24N4O2. The zero-order valence-corrected chi connectivity index (χ0v) is 14.4. The first-order valence-corrected chi connectivity index (χ1v) is 8.43. The lowest BCUT2D eigenvalue weighted by atomic mass is 9.93. The van der Waals surface area contributed by atoms with Gasteiger partial charge in [0.25, 0.3) is 5.91 Å². The molecule has 1 aromatic carbocycles. The Hall–Kier alpha value is -2.21. The van der Waals surface area contributed by atoms with Gasteiger partial charge in [0.05, 0.1) is 11.8 Å². The summed E-state index contributed by atoms with van der Waals surface area (Å²) in [6, 6.07) is 7.45. The summed E-state index contributed by atoms with van der Waals surface area (Å²) in [5.41, 5.74) is 1.56. The lowest BCUT2D eigenvalue weighted by molar-refractivity contribution is 0.0466. The van der Waals surface area contributed by atoms with E-state index >= 15 is 0 Å². The predicted molar refractivity (Wildman–Crippen MR) is 91.1 cm³/mol. The minimum atomic E-state index is -0.374. The van der Waals surface area contributed by atoms with Gasteiger partial charge in [-0.3, -0.25) is 4.79 Å². The molecule has 1 amide bonds. The number of rotatable bonds is 3. The summed E-state index contributed by atoms with van der Waals surface area (Å²) in [6.45, 7) is 6.94. The number of benzene rings is 1. The molecule has 128 valence electrons. The van der Waals surface area contributed by atoms with E-state index in [9.17, 15) is 9.90 Å². The van der Waals surface area contributed by atoms with Gasteiger partial charge in [-0.1, -0.05) is 0 Å². The van der Waals surface area contributed by atoms with Crippen LogP contribution in [0.2, 0.25) is 0 Å². The van der Waals surface area contributed by atoms with E-state index in [0.717, 1.165) is 36.7 Å². The molecule has 2 heterocycles. The second-order valence-electron chi connectivity index (χ2n) is 6.56. The van der Waals surface area contributed by atoms with E-state index in [1.165, 1.54) is 0 Å². The maximum absolute atomic E-state index is 12.7. The highest BCUT2D eigenvalue weighted by Gasteiger charge is 2.27. The molecule has 0 bridgehead atoms. The number of carbonyl (C=O) groups is 1. The second-order valence-corrected chi connectivity index (χ2v) is 6.56. The van der Waals surface area contributed by atoms with Crippen LogP contribution in [0.5, 0.6) is 0 Å². The summed E-state index contributed by atoms with van der Waals surface area (Å²) in [5, 5.41) is 14.1. The SMILES string of the molecule is Cc1nc(C)n(-c2ccc(C(=O)N3CCCC(C(C)O)C3)cc2)n1. The monoisotopic (exact) mass is 328 g/mol. The normalized spacial score (nSPS) is 19.3. The van der Waals surface area contributed by atoms with Crippen molar-refractivity contribution in [2.45, 2.75) is 39.7 Å². The van der Waals surface area contributed by atoms with E-state index in [-0.39, 0.29) is 17.9 Å². The van der Waals surface area contributed by atoms with Gasteiger partial charge in [-0.15, -0.1) is 0 Å². The molecule has 1 aromatic heterocycles. The highest BCUT2D eigenvalue weighted by Crippen LogP contribution is 2.22. The summed E-state index contributed by atoms with van der Waals surface area (Å²) in [6.07, 6.45) is 1.55. The van der Waals surface area contributed by atoms with Gasteiger partial charge in [0.1, 0.15) is 11.6 Å². The molecule has 2 atom stereocenters. The van der Waals surface area contributed by atoms with Crippen molar-refractivity contribution in [3.63, 3.8) is 0 Å². The molecule has 1 aliphatic rings. The van der Waals surface area contributed by atoms with Crippen LogP contribution in [0.4, 0.5) is 0 Å². The highest BCUT2D eigenvalue weighted by atomic mass is 16.3. The fraction of sp³-hybridized carbons (Fsp3) is 0.500. The number of aromatic nitrogens is 3. The van der Waals surface area contributed by atoms with Crippen molar-refractivity contribution < 1.29 is 9.90 Å². The third-order valence-corrected chi connectivity index (χ3v) is 4.66. The highest BCUT2D eigenvalue weighted by molar-refractivity contribution is 5.94. The third-order valence-electron chi connectivity index (χ3n) is 4.66. The van der Waals surface area contributed by atoms with Crippen molar-refractivity contribution in [1.29, 1.82) is 0 Å². The maximum Gasteiger partial charge on any atom is 0.253 e. The number of hydrogen-bond acceptors (Lipinski definition) is 4. The zero-order valence-electron chi connectivity index (χ0n) is 14.4. The minimum Gasteiger partial charge on any atom is -0.393 e. The molecule has 2 unspecified atom stereocenters. The van der Waals surface area contributed by atoms with Crippen molar-refractivity contribution in [3.05, 3.63) is 41.5 Å². The lowest BCUT2D eigenvalue weighted by Gasteiger charge is -2.34. The quantitative estimate of drug-likeness (QED) is 0.937. The average molecular weight is 328 g/mol. The molecule has 1 N–H and O–H groups in total. The van der Waals surface area contributed by atoms with E-state index in [0.29, 0.717) is 12.1 Å². The van der Waals surface area contributed by atoms with Gasteiger partial charge in [-0.2, -0.15) is 5.10 Å². The van der Waals surface area contributed by atoms with Gasteiger partial charge in [-0.05, 0) is 57.9 Å². The van der Waals surface area contributed by atoms with E-state index in [2.05, 4.69) is 10.1 Å². The van der Waals surface area contributed by atoms with Crippen LogP contribution in [0.15, 0.2) is 24.3 Å². The topological polar surface area (TPSA) is 71.2 Å². The molecule has 0 saturated carbocycles. The van der Waals surface area contributed by atoms with Gasteiger partial charge in [0, 0.05) is 24.6 Å². The summed E-state index contributed by atoms with van der Waals surface area (Å²) in [7, 11) is 0. The molecule has 2 aromatic rings. The number of carbonyl (C=O) groups excluding carboxylic acids is 1. The molecule has 0 radical (unpaired) electrons. The summed E-state index contributed by atoms with van der Waals surface area (Å²) in [5.74, 6) is 1.74. The van der Waals surface area contributed by atoms with E-state index in [1.807, 2.05) is 43.0 Å². The molecule has 6 nitrogen and oxygen atoms in total. The molecule has 6 heteroatoms. The smallest absolute Gasteiger partial charge is 0.253 e. The molecule has 0 spiro atoms. The van der Waals surface area contributed by atoms with Crippen LogP contribution in [-0.2, 0) is 0 Å². The Morgan fingerprint density at radius 1 is 1.29 bits per heavy atom. The number of aryl methyl sites for hydroxylation is 2. The molecular weight excluding hydrogens is 304 g/mol. The van der Waals surface area contributed by atoms with Crippen LogP contribution >= 0.6 is 0 Å². The van der Waals surface area contributed by atoms with Crippen LogP contribution in [0.3, 0.4) is 0 Å². The first-order chi connectivity index (χ1) is 11.5. The molecule has 1 fully saturated rings. The number of aliphatic hydroxyl groups is 1. The predicted octanol–water partition coefficient (Wildman–Crippen LogP) is 2.12.